The van der Waals surface area contributed by atoms with Crippen molar-refractivity contribution >= 4 is 20.8 Å². The van der Waals surface area contributed by atoms with E-state index in [9.17, 15) is 36.2 Å². The third-order valence-electron chi connectivity index (χ3n) is 10.6. The maximum absolute atomic E-state index is 11.7. The van der Waals surface area contributed by atoms with Crippen LogP contribution >= 0.6 is 0 Å². The molecule has 0 radical (unpaired) electrons. The summed E-state index contributed by atoms with van der Waals surface area (Å²) in [6.45, 7) is 8.06. The van der Waals surface area contributed by atoms with E-state index >= 15 is 0 Å². The average Bonchev–Trinajstić information content (AvgIpc) is 3.10. The number of hydrogen-bond acceptors (Lipinski definition) is 10. The van der Waals surface area contributed by atoms with Gasteiger partial charge >= 0.3 is 59.1 Å². The molecule has 0 bridgehead atoms. The van der Waals surface area contributed by atoms with Gasteiger partial charge in [0.15, 0.2) is 0 Å². The number of allylic oxidation sites excluding steroid dienone is 1. The summed E-state index contributed by atoms with van der Waals surface area (Å²) in [5.41, 5.74) is -0.730. The van der Waals surface area contributed by atoms with Crippen LogP contribution in [0.15, 0.2) is 12.2 Å². The van der Waals surface area contributed by atoms with Crippen LogP contribution in [0.5, 0.6) is 0 Å². The Balaban J connectivity index is 0.00000280. The van der Waals surface area contributed by atoms with Crippen molar-refractivity contribution in [2.45, 2.75) is 91.0 Å². The topological polar surface area (TPSA) is 173 Å². The molecule has 0 aromatic heterocycles. The Morgan fingerprint density at radius 2 is 1.52 bits per heavy atom. The Kier molecular flexibility index (Phi) is 13.0. The molecular weight excluding hydrogens is 582 g/mol. The Morgan fingerprint density at radius 3 is 2.10 bits per heavy atom. The molecule has 0 aromatic carbocycles. The number of hydrogen-bond donors (Lipinski definition) is 2. The minimum atomic E-state index is -4.94. The van der Waals surface area contributed by atoms with Crippen LogP contribution < -0.4 is 59.1 Å². The first kappa shape index (κ1) is 37.6. The Labute approximate surface area is 283 Å². The molecule has 0 amide bonds. The molecule has 10 nitrogen and oxygen atoms in total. The zero-order valence-electron chi connectivity index (χ0n) is 24.6. The molecule has 4 aliphatic rings. The van der Waals surface area contributed by atoms with Gasteiger partial charge in [-0.1, -0.05) is 39.8 Å². The molecular formula is C26H42Na2O10S2. The van der Waals surface area contributed by atoms with E-state index in [0.29, 0.717) is 19.3 Å². The van der Waals surface area contributed by atoms with Crippen LogP contribution in [0, 0.1) is 52.3 Å². The summed E-state index contributed by atoms with van der Waals surface area (Å²) in [7, 11) is -9.77. The summed E-state index contributed by atoms with van der Waals surface area (Å²) in [5, 5.41) is 22.7. The monoisotopic (exact) mass is 624 g/mol. The van der Waals surface area contributed by atoms with Gasteiger partial charge in [-0.2, -0.15) is 0 Å². The number of aliphatic hydroxyl groups excluding tert-OH is 2. The molecule has 4 fully saturated rings. The van der Waals surface area contributed by atoms with Crippen LogP contribution in [0.2, 0.25) is 0 Å². The summed E-state index contributed by atoms with van der Waals surface area (Å²) < 4.78 is 76.8. The van der Waals surface area contributed by atoms with Crippen molar-refractivity contribution in [3.63, 3.8) is 0 Å². The SMILES string of the molecule is CC(C)/C=C/[C@@H](COS(=O)(=O)[O-])[C@H]1CCC2C3CC[C@@H]4[C@H](O)[C@H](OS(=O)(=O)[O-])CC[C@]4(C)C3C(O)C[C@@]21C.[Na+].[Na+]. The zero-order valence-corrected chi connectivity index (χ0v) is 30.2. The fourth-order valence-corrected chi connectivity index (χ4v) is 10.1. The first-order chi connectivity index (χ1) is 17.5. The molecule has 0 saturated heterocycles. The van der Waals surface area contributed by atoms with E-state index < -0.39 is 44.5 Å². The second-order valence-electron chi connectivity index (χ2n) is 13.0. The van der Waals surface area contributed by atoms with Gasteiger partial charge < -0.3 is 19.3 Å². The van der Waals surface area contributed by atoms with Crippen molar-refractivity contribution in [3.8, 4) is 0 Å². The molecule has 2 N–H and O–H groups in total. The molecule has 11 atom stereocenters. The summed E-state index contributed by atoms with van der Waals surface area (Å²) in [4.78, 5) is 0. The van der Waals surface area contributed by atoms with Crippen molar-refractivity contribution in [3.05, 3.63) is 12.2 Å². The van der Waals surface area contributed by atoms with Crippen LogP contribution in [0.4, 0.5) is 0 Å². The van der Waals surface area contributed by atoms with Gasteiger partial charge in [-0.25, -0.2) is 16.8 Å². The van der Waals surface area contributed by atoms with Crippen LogP contribution in [-0.2, 0) is 29.2 Å². The largest absolute Gasteiger partial charge is 1.00 e. The number of fused-ring (bicyclic) bond motifs is 5. The smallest absolute Gasteiger partial charge is 0.726 e. The van der Waals surface area contributed by atoms with Gasteiger partial charge in [0.1, 0.15) is 6.10 Å². The molecule has 14 heteroatoms. The van der Waals surface area contributed by atoms with Gasteiger partial charge in [-0.15, -0.1) is 0 Å². The van der Waals surface area contributed by atoms with E-state index in [-0.39, 0.29) is 119 Å². The van der Waals surface area contributed by atoms with E-state index in [1.54, 1.807) is 0 Å². The van der Waals surface area contributed by atoms with E-state index in [0.717, 1.165) is 19.3 Å². The fourth-order valence-electron chi connectivity index (χ4n) is 9.26. The van der Waals surface area contributed by atoms with Gasteiger partial charge in [0.25, 0.3) is 0 Å². The zero-order chi connectivity index (χ0) is 28.3. The third kappa shape index (κ3) is 7.78. The van der Waals surface area contributed by atoms with E-state index in [1.165, 1.54) is 0 Å². The quantitative estimate of drug-likeness (QED) is 0.121. The second kappa shape index (κ2) is 13.8. The average molecular weight is 625 g/mol. The molecule has 0 heterocycles. The van der Waals surface area contributed by atoms with Gasteiger partial charge in [0.05, 0.1) is 18.8 Å². The number of aliphatic hydroxyl groups is 2. The normalized spacial score (nSPS) is 42.3. The molecule has 4 aliphatic carbocycles. The Hall–Kier alpha value is 1.40. The fraction of sp³-hybridized carbons (Fsp3) is 0.923. The molecule has 220 valence electrons. The van der Waals surface area contributed by atoms with Crippen LogP contribution in [0.1, 0.15) is 72.6 Å². The molecule has 4 rings (SSSR count). The molecule has 4 unspecified atom stereocenters. The van der Waals surface area contributed by atoms with Gasteiger partial charge in [0, 0.05) is 5.92 Å². The molecule has 0 spiro atoms. The number of rotatable bonds is 8. The summed E-state index contributed by atoms with van der Waals surface area (Å²) in [5.74, 6) is 0.0494. The first-order valence-corrected chi connectivity index (χ1v) is 16.4. The minimum absolute atomic E-state index is 0. The Bertz CT molecular complexity index is 1120. The molecule has 0 aromatic rings. The van der Waals surface area contributed by atoms with E-state index in [1.807, 2.05) is 26.0 Å². The van der Waals surface area contributed by atoms with Crippen LogP contribution in [0.25, 0.3) is 0 Å². The van der Waals surface area contributed by atoms with Gasteiger partial charge in [-0.3, -0.25) is 8.37 Å². The third-order valence-corrected chi connectivity index (χ3v) is 11.5. The maximum Gasteiger partial charge on any atom is 1.00 e. The van der Waals surface area contributed by atoms with Crippen molar-refractivity contribution in [2.75, 3.05) is 6.61 Å². The molecule has 0 aliphatic heterocycles. The van der Waals surface area contributed by atoms with E-state index in [2.05, 4.69) is 18.0 Å². The van der Waals surface area contributed by atoms with Crippen molar-refractivity contribution in [2.24, 2.45) is 52.3 Å². The maximum atomic E-state index is 11.7. The van der Waals surface area contributed by atoms with Crippen LogP contribution in [-0.4, -0.2) is 61.1 Å². The summed E-state index contributed by atoms with van der Waals surface area (Å²) >= 11 is 0. The van der Waals surface area contributed by atoms with Gasteiger partial charge in [-0.05, 0) is 91.3 Å². The van der Waals surface area contributed by atoms with Gasteiger partial charge in [0.2, 0.25) is 20.8 Å². The van der Waals surface area contributed by atoms with Crippen LogP contribution in [0.3, 0.4) is 0 Å². The second-order valence-corrected chi connectivity index (χ2v) is 15.1. The van der Waals surface area contributed by atoms with Crippen molar-refractivity contribution in [1.29, 1.82) is 0 Å². The molecule has 40 heavy (non-hydrogen) atoms. The standard InChI is InChI=1S/C26H44O10S2.2Na/c1-15(2)5-6-16(14-35-37(29,30)31)18-9-10-19-17-7-8-20-24(28)22(36-38(32,33)34)11-12-25(20,3)23(17)21(27)13-26(18,19)4;;/h5-6,15-24,27-28H,7-14H2,1-4H3,(H,29,30,31)(H,32,33,34);;/q;2*+1/p-2/b6-5+;;/t16-,17?,18+,19?,20+,21?,22+,23?,24-,25-,26+;;/m0../s1. The first-order valence-electron chi connectivity index (χ1n) is 13.7. The Morgan fingerprint density at radius 1 is 0.900 bits per heavy atom. The summed E-state index contributed by atoms with van der Waals surface area (Å²) in [6, 6.07) is 0. The summed E-state index contributed by atoms with van der Waals surface area (Å²) in [6.07, 6.45) is 5.51. The minimum Gasteiger partial charge on any atom is -0.726 e. The molecule has 4 saturated carbocycles. The van der Waals surface area contributed by atoms with Crippen molar-refractivity contribution in [1.82, 2.24) is 0 Å². The van der Waals surface area contributed by atoms with Crippen molar-refractivity contribution < 1.29 is 104 Å². The predicted molar refractivity (Wildman–Crippen MR) is 136 cm³/mol. The van der Waals surface area contributed by atoms with E-state index in [4.69, 9.17) is 4.18 Å². The predicted octanol–water partition coefficient (Wildman–Crippen LogP) is -3.25.